The average molecular weight is 366 g/mol. The van der Waals surface area contributed by atoms with Crippen LogP contribution >= 0.6 is 11.6 Å². The van der Waals surface area contributed by atoms with Crippen molar-refractivity contribution in [3.63, 3.8) is 0 Å². The monoisotopic (exact) mass is 365 g/mol. The van der Waals surface area contributed by atoms with Gasteiger partial charge in [-0.15, -0.1) is 0 Å². The molecular formula is C13H12ClF4N5O. The van der Waals surface area contributed by atoms with Crippen molar-refractivity contribution in [3.05, 3.63) is 45.0 Å². The molecule has 1 aliphatic rings. The van der Waals surface area contributed by atoms with E-state index in [4.69, 9.17) is 17.1 Å². The minimum atomic E-state index is -4.94. The molecule has 1 amide bonds. The second-order valence-electron chi connectivity index (χ2n) is 5.12. The fraction of sp³-hybridized carbons (Fsp3) is 0.462. The highest BCUT2D eigenvalue weighted by Crippen LogP contribution is 2.35. The van der Waals surface area contributed by atoms with Gasteiger partial charge >= 0.3 is 6.18 Å². The third kappa shape index (κ3) is 3.89. The van der Waals surface area contributed by atoms with E-state index in [0.717, 1.165) is 18.2 Å². The van der Waals surface area contributed by atoms with Gasteiger partial charge in [-0.1, -0.05) is 28.8 Å². The second-order valence-corrected chi connectivity index (χ2v) is 5.53. The summed E-state index contributed by atoms with van der Waals surface area (Å²) in [5.74, 6) is -2.29. The molecule has 0 saturated carbocycles. The maximum Gasteiger partial charge on any atom is 0.412 e. The maximum atomic E-state index is 13.9. The smallest absolute Gasteiger partial charge is 0.339 e. The third-order valence-electron chi connectivity index (χ3n) is 3.58. The van der Waals surface area contributed by atoms with E-state index in [1.54, 1.807) is 5.32 Å². The lowest BCUT2D eigenvalue weighted by Gasteiger charge is -2.25. The van der Waals surface area contributed by atoms with Crippen molar-refractivity contribution in [1.29, 1.82) is 0 Å². The number of amides is 1. The number of azide groups is 1. The molecule has 0 unspecified atom stereocenters. The number of alkyl halides is 3. The molecule has 1 aromatic carbocycles. The fourth-order valence-corrected chi connectivity index (χ4v) is 2.64. The Morgan fingerprint density at radius 3 is 2.83 bits per heavy atom. The molecule has 1 aromatic rings. The summed E-state index contributed by atoms with van der Waals surface area (Å²) in [6.07, 6.45) is -4.63. The van der Waals surface area contributed by atoms with Gasteiger partial charge in [0, 0.05) is 10.5 Å². The number of nitrogens with one attached hydrogen (secondary N) is 2. The van der Waals surface area contributed by atoms with E-state index in [1.165, 1.54) is 0 Å². The molecule has 3 atom stereocenters. The topological polar surface area (TPSA) is 89.9 Å². The maximum absolute atomic E-state index is 13.9. The first-order valence-corrected chi connectivity index (χ1v) is 7.22. The summed E-state index contributed by atoms with van der Waals surface area (Å²) >= 11 is 5.51. The summed E-state index contributed by atoms with van der Waals surface area (Å²) < 4.78 is 53.8. The van der Waals surface area contributed by atoms with Crippen LogP contribution in [0.5, 0.6) is 0 Å². The highest BCUT2D eigenvalue weighted by atomic mass is 35.5. The van der Waals surface area contributed by atoms with E-state index >= 15 is 0 Å². The summed E-state index contributed by atoms with van der Waals surface area (Å²) in [5.41, 5.74) is 7.65. The van der Waals surface area contributed by atoms with Crippen LogP contribution in [-0.4, -0.2) is 30.7 Å². The largest absolute Gasteiger partial charge is 0.412 e. The molecule has 1 fully saturated rings. The first-order chi connectivity index (χ1) is 11.3. The van der Waals surface area contributed by atoms with Crippen molar-refractivity contribution in [2.24, 2.45) is 5.11 Å². The number of hydrogen-bond acceptors (Lipinski definition) is 3. The predicted octanol–water partition coefficient (Wildman–Crippen LogP) is 3.24. The summed E-state index contributed by atoms with van der Waals surface area (Å²) in [6, 6.07) is -1.35. The predicted molar refractivity (Wildman–Crippen MR) is 77.7 cm³/mol. The number of nitrogens with zero attached hydrogens (tertiary/aromatic N) is 3. The summed E-state index contributed by atoms with van der Waals surface area (Å²) in [6.45, 7) is 0.310. The Bertz CT molecular complexity index is 677. The van der Waals surface area contributed by atoms with Gasteiger partial charge in [0.15, 0.2) is 6.04 Å². The van der Waals surface area contributed by atoms with Gasteiger partial charge in [-0.05, 0) is 24.6 Å². The molecule has 0 aromatic heterocycles. The zero-order valence-electron chi connectivity index (χ0n) is 12.0. The Balaban J connectivity index is 2.29. The summed E-state index contributed by atoms with van der Waals surface area (Å²) in [5, 5.41) is 7.32. The van der Waals surface area contributed by atoms with Gasteiger partial charge in [0.1, 0.15) is 5.82 Å². The average Bonchev–Trinajstić information content (AvgIpc) is 2.95. The van der Waals surface area contributed by atoms with Crippen LogP contribution in [0.2, 0.25) is 5.02 Å². The van der Waals surface area contributed by atoms with E-state index in [0.29, 0.717) is 13.0 Å². The molecule has 1 saturated heterocycles. The van der Waals surface area contributed by atoms with Gasteiger partial charge in [0.2, 0.25) is 5.91 Å². The van der Waals surface area contributed by atoms with Crippen LogP contribution < -0.4 is 10.6 Å². The number of hydrogen-bond donors (Lipinski definition) is 2. The van der Waals surface area contributed by atoms with Crippen molar-refractivity contribution in [1.82, 2.24) is 10.6 Å². The van der Waals surface area contributed by atoms with Gasteiger partial charge in [-0.2, -0.15) is 13.2 Å². The first kappa shape index (κ1) is 18.3. The number of rotatable bonds is 4. The molecule has 0 radical (unpaired) electrons. The summed E-state index contributed by atoms with van der Waals surface area (Å²) in [7, 11) is 0. The molecule has 0 bridgehead atoms. The minimum absolute atomic E-state index is 0.310. The Labute approximate surface area is 138 Å². The molecule has 0 spiro atoms. The Morgan fingerprint density at radius 2 is 2.21 bits per heavy atom. The van der Waals surface area contributed by atoms with E-state index in [-0.39, 0.29) is 0 Å². The lowest BCUT2D eigenvalue weighted by molar-refractivity contribution is -0.164. The van der Waals surface area contributed by atoms with Crippen LogP contribution in [0, 0.1) is 5.82 Å². The standard InChI is InChI=1S/C13H12ClF4N5O/c14-7-3-1-2-6(9(7)15)11(13(16,17)18)21-12(24)10-8(22-23-19)4-5-20-10/h1-3,8,10-11,20H,4-5H2,(H,21,24)/t8-,10+,11+/m1/s1. The van der Waals surface area contributed by atoms with Crippen LogP contribution in [0.25, 0.3) is 10.4 Å². The first-order valence-electron chi connectivity index (χ1n) is 6.84. The number of benzene rings is 1. The number of carbonyl (C=O) groups excluding carboxylic acids is 1. The van der Waals surface area contributed by atoms with Crippen LogP contribution in [0.1, 0.15) is 18.0 Å². The zero-order valence-corrected chi connectivity index (χ0v) is 12.8. The molecule has 24 heavy (non-hydrogen) atoms. The molecule has 130 valence electrons. The van der Waals surface area contributed by atoms with E-state index in [1.807, 2.05) is 0 Å². The normalized spacial score (nSPS) is 21.9. The molecule has 0 aliphatic carbocycles. The minimum Gasteiger partial charge on any atom is -0.339 e. The van der Waals surface area contributed by atoms with E-state index in [2.05, 4.69) is 15.3 Å². The Morgan fingerprint density at radius 1 is 1.50 bits per heavy atom. The molecular weight excluding hydrogens is 354 g/mol. The molecule has 11 heteroatoms. The summed E-state index contributed by atoms with van der Waals surface area (Å²) in [4.78, 5) is 14.7. The molecule has 1 aliphatic heterocycles. The van der Waals surface area contributed by atoms with Crippen molar-refractivity contribution >= 4 is 17.5 Å². The highest BCUT2D eigenvalue weighted by Gasteiger charge is 2.45. The van der Waals surface area contributed by atoms with Gasteiger partial charge < -0.3 is 10.6 Å². The van der Waals surface area contributed by atoms with Gasteiger partial charge in [0.25, 0.3) is 0 Å². The van der Waals surface area contributed by atoms with Crippen LogP contribution in [-0.2, 0) is 4.79 Å². The third-order valence-corrected chi connectivity index (χ3v) is 3.87. The lowest BCUT2D eigenvalue weighted by Crippen LogP contribution is -2.49. The van der Waals surface area contributed by atoms with E-state index < -0.39 is 46.6 Å². The van der Waals surface area contributed by atoms with Gasteiger partial charge in [-0.25, -0.2) is 4.39 Å². The Hall–Kier alpha value is -2.03. The van der Waals surface area contributed by atoms with Crippen LogP contribution in [0.15, 0.2) is 23.3 Å². The molecule has 2 rings (SSSR count). The van der Waals surface area contributed by atoms with Gasteiger partial charge in [-0.3, -0.25) is 4.79 Å². The SMILES string of the molecule is [N-]=[N+]=N[C@@H]1CCN[C@@H]1C(=O)N[C@@H](c1cccc(Cl)c1F)C(F)(F)F. The fourth-order valence-electron chi connectivity index (χ4n) is 2.46. The second kappa shape index (κ2) is 7.25. The zero-order chi connectivity index (χ0) is 17.9. The van der Waals surface area contributed by atoms with Crippen molar-refractivity contribution < 1.29 is 22.4 Å². The quantitative estimate of drug-likeness (QED) is 0.371. The van der Waals surface area contributed by atoms with Crippen molar-refractivity contribution in [2.45, 2.75) is 30.7 Å². The van der Waals surface area contributed by atoms with Crippen LogP contribution in [0.3, 0.4) is 0 Å². The molecule has 2 N–H and O–H groups in total. The Kier molecular flexibility index (Phi) is 5.53. The molecule has 1 heterocycles. The number of carbonyl (C=O) groups is 1. The molecule has 6 nitrogen and oxygen atoms in total. The van der Waals surface area contributed by atoms with Gasteiger partial charge in [0.05, 0.1) is 17.1 Å². The number of halogens is 5. The van der Waals surface area contributed by atoms with E-state index in [9.17, 15) is 22.4 Å². The highest BCUT2D eigenvalue weighted by molar-refractivity contribution is 6.30. The van der Waals surface area contributed by atoms with Crippen molar-refractivity contribution in [3.8, 4) is 0 Å². The van der Waals surface area contributed by atoms with Crippen LogP contribution in [0.4, 0.5) is 17.6 Å². The van der Waals surface area contributed by atoms with Crippen molar-refractivity contribution in [2.75, 3.05) is 6.54 Å². The lowest BCUT2D eigenvalue weighted by atomic mass is 10.0.